The molecule has 18 heavy (non-hydrogen) atoms. The summed E-state index contributed by atoms with van der Waals surface area (Å²) in [6, 6.07) is 10.0. The molecule has 3 nitrogen and oxygen atoms in total. The van der Waals surface area contributed by atoms with Gasteiger partial charge in [-0.3, -0.25) is 4.18 Å². The van der Waals surface area contributed by atoms with Gasteiger partial charge >= 0.3 is 0 Å². The molecule has 0 bridgehead atoms. The topological polar surface area (TPSA) is 43.4 Å². The lowest BCUT2D eigenvalue weighted by atomic mass is 10.1. The van der Waals surface area contributed by atoms with E-state index in [1.54, 1.807) is 0 Å². The van der Waals surface area contributed by atoms with E-state index in [0.717, 1.165) is 31.8 Å². The molecule has 1 aromatic carbocycles. The highest BCUT2D eigenvalue weighted by molar-refractivity contribution is 8.41. The molecule has 0 N–H and O–H groups in total. The standard InChI is InChI=1S/C13H21O3PS/c1-2-3-12-17-18(14,15)16-11-7-10-13-8-5-4-6-9-13/h4-6,8-9,17H,2-3,7,10-12H2,1H3. The lowest BCUT2D eigenvalue weighted by molar-refractivity contribution is 0.322. The SMILES string of the molecule is CCCCPS(=O)(=O)OCCCc1ccccc1. The summed E-state index contributed by atoms with van der Waals surface area (Å²) in [5.41, 5.74) is 1.21. The highest BCUT2D eigenvalue weighted by Gasteiger charge is 2.09. The first-order chi connectivity index (χ1) is 8.64. The van der Waals surface area contributed by atoms with Gasteiger partial charge in [-0.25, -0.2) is 0 Å². The zero-order valence-corrected chi connectivity index (χ0v) is 12.6. The lowest BCUT2D eigenvalue weighted by Gasteiger charge is -2.05. The number of unbranched alkanes of at least 4 members (excludes halogenated alkanes) is 1. The van der Waals surface area contributed by atoms with E-state index in [-0.39, 0.29) is 14.4 Å². The first kappa shape index (κ1) is 15.6. The van der Waals surface area contributed by atoms with Crippen LogP contribution < -0.4 is 0 Å². The van der Waals surface area contributed by atoms with E-state index < -0.39 is 9.74 Å². The zero-order valence-electron chi connectivity index (χ0n) is 10.8. The van der Waals surface area contributed by atoms with Gasteiger partial charge in [0, 0.05) is 7.78 Å². The first-order valence-corrected chi connectivity index (χ1v) is 9.66. The molecule has 1 rings (SSSR count). The first-order valence-electron chi connectivity index (χ1n) is 6.32. The monoisotopic (exact) mass is 288 g/mol. The summed E-state index contributed by atoms with van der Waals surface area (Å²) in [6.45, 7) is 2.34. The van der Waals surface area contributed by atoms with Gasteiger partial charge in [-0.1, -0.05) is 43.7 Å². The van der Waals surface area contributed by atoms with E-state index >= 15 is 0 Å². The van der Waals surface area contributed by atoms with Crippen molar-refractivity contribution in [3.8, 4) is 0 Å². The summed E-state index contributed by atoms with van der Waals surface area (Å²) in [5, 5.41) is 0. The maximum atomic E-state index is 11.5. The molecule has 0 saturated heterocycles. The molecule has 102 valence electrons. The number of aryl methyl sites for hydroxylation is 1. The second-order valence-corrected chi connectivity index (χ2v) is 8.41. The van der Waals surface area contributed by atoms with Crippen LogP contribution >= 0.6 is 7.78 Å². The normalized spacial score (nSPS) is 12.3. The lowest BCUT2D eigenvalue weighted by Crippen LogP contribution is -2.03. The fourth-order valence-corrected chi connectivity index (χ4v) is 4.36. The highest BCUT2D eigenvalue weighted by atomic mass is 32.8. The molecule has 0 aliphatic rings. The van der Waals surface area contributed by atoms with Gasteiger partial charge in [0.15, 0.2) is 0 Å². The number of benzene rings is 1. The van der Waals surface area contributed by atoms with Crippen LogP contribution in [0.15, 0.2) is 30.3 Å². The van der Waals surface area contributed by atoms with Gasteiger partial charge in [0.05, 0.1) is 6.61 Å². The van der Waals surface area contributed by atoms with Crippen LogP contribution in [0.25, 0.3) is 0 Å². The summed E-state index contributed by atoms with van der Waals surface area (Å²) in [5.74, 6) is 0. The Kier molecular flexibility index (Phi) is 7.48. The van der Waals surface area contributed by atoms with Crippen LogP contribution in [-0.2, 0) is 20.3 Å². The van der Waals surface area contributed by atoms with E-state index in [0.29, 0.717) is 0 Å². The fourth-order valence-electron chi connectivity index (χ4n) is 1.51. The van der Waals surface area contributed by atoms with Crippen molar-refractivity contribution in [1.29, 1.82) is 0 Å². The molecular formula is C13H21O3PS. The van der Waals surface area contributed by atoms with Crippen LogP contribution in [-0.4, -0.2) is 21.2 Å². The van der Waals surface area contributed by atoms with Crippen LogP contribution in [0.4, 0.5) is 0 Å². The van der Waals surface area contributed by atoms with Crippen molar-refractivity contribution in [2.24, 2.45) is 0 Å². The molecule has 0 heterocycles. The number of hydrogen-bond acceptors (Lipinski definition) is 3. The Morgan fingerprint density at radius 1 is 1.17 bits per heavy atom. The van der Waals surface area contributed by atoms with E-state index in [2.05, 4.69) is 6.92 Å². The minimum atomic E-state index is -3.28. The predicted molar refractivity (Wildman–Crippen MR) is 77.7 cm³/mol. The summed E-state index contributed by atoms with van der Waals surface area (Å²) < 4.78 is 28.0. The summed E-state index contributed by atoms with van der Waals surface area (Å²) in [4.78, 5) is 0. The van der Waals surface area contributed by atoms with Gasteiger partial charge < -0.3 is 0 Å². The van der Waals surface area contributed by atoms with Gasteiger partial charge in [-0.15, -0.1) is 0 Å². The minimum absolute atomic E-state index is 0.106. The second-order valence-electron chi connectivity index (χ2n) is 4.11. The van der Waals surface area contributed by atoms with Gasteiger partial charge in [-0.05, 0) is 31.0 Å². The average Bonchev–Trinajstić information content (AvgIpc) is 2.36. The molecule has 0 aliphatic heterocycles. The summed E-state index contributed by atoms with van der Waals surface area (Å²) >= 11 is 0. The van der Waals surface area contributed by atoms with Crippen molar-refractivity contribution in [3.63, 3.8) is 0 Å². The van der Waals surface area contributed by atoms with Crippen LogP contribution in [0.2, 0.25) is 0 Å². The van der Waals surface area contributed by atoms with Crippen LogP contribution in [0, 0.1) is 0 Å². The Morgan fingerprint density at radius 3 is 2.56 bits per heavy atom. The molecule has 0 spiro atoms. The van der Waals surface area contributed by atoms with Crippen molar-refractivity contribution >= 4 is 17.5 Å². The van der Waals surface area contributed by atoms with Crippen molar-refractivity contribution < 1.29 is 12.6 Å². The zero-order chi connectivity index (χ0) is 13.3. The van der Waals surface area contributed by atoms with E-state index in [1.165, 1.54) is 5.56 Å². The molecule has 1 aromatic rings. The van der Waals surface area contributed by atoms with Crippen LogP contribution in [0.5, 0.6) is 0 Å². The van der Waals surface area contributed by atoms with E-state index in [1.807, 2.05) is 30.3 Å². The molecule has 5 heteroatoms. The molecule has 1 atom stereocenters. The Morgan fingerprint density at radius 2 is 1.89 bits per heavy atom. The van der Waals surface area contributed by atoms with Crippen LogP contribution in [0.3, 0.4) is 0 Å². The van der Waals surface area contributed by atoms with E-state index in [4.69, 9.17) is 4.18 Å². The van der Waals surface area contributed by atoms with Gasteiger partial charge in [0.1, 0.15) is 0 Å². The predicted octanol–water partition coefficient (Wildman–Crippen LogP) is 3.36. The fraction of sp³-hybridized carbons (Fsp3) is 0.538. The third-order valence-electron chi connectivity index (χ3n) is 2.50. The Bertz CT molecular complexity index is 417. The molecule has 0 aromatic heterocycles. The third-order valence-corrected chi connectivity index (χ3v) is 5.92. The highest BCUT2D eigenvalue weighted by Crippen LogP contribution is 2.23. The van der Waals surface area contributed by atoms with Crippen molar-refractivity contribution in [2.75, 3.05) is 12.8 Å². The number of rotatable bonds is 9. The average molecular weight is 288 g/mol. The summed E-state index contributed by atoms with van der Waals surface area (Å²) in [7, 11) is -3.39. The largest absolute Gasteiger partial charge is 0.280 e. The van der Waals surface area contributed by atoms with Crippen molar-refractivity contribution in [3.05, 3.63) is 35.9 Å². The Labute approximate surface area is 112 Å². The van der Waals surface area contributed by atoms with Gasteiger partial charge in [0.25, 0.3) is 9.74 Å². The molecule has 0 fully saturated rings. The molecule has 1 unspecified atom stereocenters. The second kappa shape index (κ2) is 8.63. The van der Waals surface area contributed by atoms with Crippen LogP contribution in [0.1, 0.15) is 31.7 Å². The Balaban J connectivity index is 2.17. The number of hydrogen-bond donors (Lipinski definition) is 0. The molecular weight excluding hydrogens is 267 g/mol. The molecule has 0 radical (unpaired) electrons. The maximum absolute atomic E-state index is 11.5. The minimum Gasteiger partial charge on any atom is -0.267 e. The van der Waals surface area contributed by atoms with Crippen molar-refractivity contribution in [1.82, 2.24) is 0 Å². The quantitative estimate of drug-likeness (QED) is 0.517. The smallest absolute Gasteiger partial charge is 0.267 e. The molecule has 0 amide bonds. The van der Waals surface area contributed by atoms with Gasteiger partial charge in [-0.2, -0.15) is 8.42 Å². The third kappa shape index (κ3) is 7.10. The molecule has 0 aliphatic carbocycles. The van der Waals surface area contributed by atoms with E-state index in [9.17, 15) is 8.42 Å². The molecule has 0 saturated carbocycles. The summed E-state index contributed by atoms with van der Waals surface area (Å²) in [6.07, 6.45) is 4.29. The van der Waals surface area contributed by atoms with Crippen molar-refractivity contribution in [2.45, 2.75) is 32.6 Å². The Hall–Kier alpha value is -0.440. The van der Waals surface area contributed by atoms with Gasteiger partial charge in [0.2, 0.25) is 0 Å². The maximum Gasteiger partial charge on any atom is 0.280 e.